The molecule has 8 heteroatoms. The van der Waals surface area contributed by atoms with Gasteiger partial charge in [0, 0.05) is 17.8 Å². The van der Waals surface area contributed by atoms with Crippen LogP contribution in [0.25, 0.3) is 0 Å². The van der Waals surface area contributed by atoms with Crippen LogP contribution in [-0.2, 0) is 14.3 Å². The number of benzene rings is 2. The van der Waals surface area contributed by atoms with Crippen molar-refractivity contribution in [2.45, 2.75) is 13.0 Å². The van der Waals surface area contributed by atoms with E-state index in [0.717, 1.165) is 11.3 Å². The molecule has 0 aromatic heterocycles. The van der Waals surface area contributed by atoms with Crippen LogP contribution in [0.15, 0.2) is 59.8 Å². The van der Waals surface area contributed by atoms with Crippen molar-refractivity contribution in [1.82, 2.24) is 10.2 Å². The number of amides is 3. The van der Waals surface area contributed by atoms with Gasteiger partial charge in [-0.1, -0.05) is 35.9 Å². The minimum Gasteiger partial charge on any atom is -0.456 e. The molecule has 2 aliphatic heterocycles. The number of hydrogen-bond donors (Lipinski definition) is 1. The standard InChI is InChI=1S/C22H20ClN3O4/c1-13-4-3-5-16(10-13)25(2)18(27)11-26-17-12-30-21(28)19(17)20(24-22(26)29)14-6-8-15(23)9-7-14/h3-10,20H,11-12H2,1-2H3,(H,24,29)/t20-/m0/s1. The average Bonchev–Trinajstić information content (AvgIpc) is 3.11. The average molecular weight is 426 g/mol. The molecule has 0 fully saturated rings. The Morgan fingerprint density at radius 3 is 2.67 bits per heavy atom. The summed E-state index contributed by atoms with van der Waals surface area (Å²) in [4.78, 5) is 40.9. The highest BCUT2D eigenvalue weighted by Crippen LogP contribution is 2.35. The largest absolute Gasteiger partial charge is 0.456 e. The van der Waals surface area contributed by atoms with Crippen molar-refractivity contribution in [3.05, 3.63) is 76.0 Å². The van der Waals surface area contributed by atoms with E-state index in [1.165, 1.54) is 9.80 Å². The van der Waals surface area contributed by atoms with Crippen LogP contribution in [0.4, 0.5) is 10.5 Å². The number of rotatable bonds is 4. The van der Waals surface area contributed by atoms with Crippen molar-refractivity contribution in [3.63, 3.8) is 0 Å². The summed E-state index contributed by atoms with van der Waals surface area (Å²) < 4.78 is 5.20. The van der Waals surface area contributed by atoms with Gasteiger partial charge in [0.15, 0.2) is 0 Å². The van der Waals surface area contributed by atoms with E-state index < -0.39 is 18.0 Å². The van der Waals surface area contributed by atoms with E-state index in [1.54, 1.807) is 31.3 Å². The summed E-state index contributed by atoms with van der Waals surface area (Å²) >= 11 is 5.95. The highest BCUT2D eigenvalue weighted by Gasteiger charge is 2.42. The normalized spacial score (nSPS) is 18.1. The smallest absolute Gasteiger partial charge is 0.338 e. The maximum absolute atomic E-state index is 12.9. The monoisotopic (exact) mass is 425 g/mol. The first-order valence-electron chi connectivity index (χ1n) is 9.42. The molecule has 2 aromatic carbocycles. The second-order valence-corrected chi connectivity index (χ2v) is 7.68. The first-order chi connectivity index (χ1) is 14.3. The first-order valence-corrected chi connectivity index (χ1v) is 9.80. The molecule has 30 heavy (non-hydrogen) atoms. The van der Waals surface area contributed by atoms with E-state index in [0.29, 0.717) is 21.9 Å². The highest BCUT2D eigenvalue weighted by molar-refractivity contribution is 6.30. The van der Waals surface area contributed by atoms with Crippen molar-refractivity contribution >= 4 is 35.2 Å². The molecule has 2 heterocycles. The van der Waals surface area contributed by atoms with Gasteiger partial charge in [-0.2, -0.15) is 0 Å². The lowest BCUT2D eigenvalue weighted by Gasteiger charge is -2.33. The van der Waals surface area contributed by atoms with E-state index in [4.69, 9.17) is 16.3 Å². The lowest BCUT2D eigenvalue weighted by atomic mass is 9.96. The molecule has 0 bridgehead atoms. The molecule has 0 radical (unpaired) electrons. The van der Waals surface area contributed by atoms with Crippen molar-refractivity contribution in [2.24, 2.45) is 0 Å². The molecule has 4 rings (SSSR count). The van der Waals surface area contributed by atoms with Gasteiger partial charge >= 0.3 is 12.0 Å². The molecule has 0 saturated heterocycles. The number of nitrogens with one attached hydrogen (secondary N) is 1. The van der Waals surface area contributed by atoms with E-state index in [9.17, 15) is 14.4 Å². The Kier molecular flexibility index (Phi) is 5.22. The number of cyclic esters (lactones) is 1. The summed E-state index contributed by atoms with van der Waals surface area (Å²) in [6.45, 7) is 1.68. The Hall–Kier alpha value is -3.32. The number of ether oxygens (including phenoxy) is 1. The number of urea groups is 1. The van der Waals surface area contributed by atoms with Gasteiger partial charge in [-0.3, -0.25) is 9.69 Å². The number of carbonyl (C=O) groups is 3. The Labute approximate surface area is 178 Å². The Balaban J connectivity index is 1.62. The predicted octanol–water partition coefficient (Wildman–Crippen LogP) is 3.19. The third-order valence-corrected chi connectivity index (χ3v) is 5.51. The van der Waals surface area contributed by atoms with Gasteiger partial charge in [-0.25, -0.2) is 9.59 Å². The molecule has 2 aliphatic rings. The van der Waals surface area contributed by atoms with E-state index in [1.807, 2.05) is 31.2 Å². The van der Waals surface area contributed by atoms with Crippen LogP contribution in [0.2, 0.25) is 5.02 Å². The molecule has 154 valence electrons. The lowest BCUT2D eigenvalue weighted by molar-refractivity contribution is -0.136. The maximum Gasteiger partial charge on any atom is 0.338 e. The third-order valence-electron chi connectivity index (χ3n) is 5.26. The van der Waals surface area contributed by atoms with E-state index >= 15 is 0 Å². The summed E-state index contributed by atoms with van der Waals surface area (Å²) in [5.41, 5.74) is 3.21. The van der Waals surface area contributed by atoms with Crippen molar-refractivity contribution in [1.29, 1.82) is 0 Å². The molecular weight excluding hydrogens is 406 g/mol. The van der Waals surface area contributed by atoms with Gasteiger partial charge < -0.3 is 15.0 Å². The van der Waals surface area contributed by atoms with Crippen molar-refractivity contribution < 1.29 is 19.1 Å². The van der Waals surface area contributed by atoms with Gasteiger partial charge in [0.05, 0.1) is 17.3 Å². The van der Waals surface area contributed by atoms with Gasteiger partial charge in [-0.15, -0.1) is 0 Å². The summed E-state index contributed by atoms with van der Waals surface area (Å²) in [5.74, 6) is -0.790. The highest BCUT2D eigenvalue weighted by atomic mass is 35.5. The van der Waals surface area contributed by atoms with E-state index in [2.05, 4.69) is 5.32 Å². The SMILES string of the molecule is Cc1cccc(N(C)C(=O)CN2C(=O)N[C@@H](c3ccc(Cl)cc3)C3=C2COC3=O)c1. The Morgan fingerprint density at radius 1 is 1.23 bits per heavy atom. The molecule has 0 spiro atoms. The topological polar surface area (TPSA) is 79.0 Å². The molecule has 1 N–H and O–H groups in total. The molecule has 1 atom stereocenters. The predicted molar refractivity (Wildman–Crippen MR) is 112 cm³/mol. The molecule has 0 saturated carbocycles. The van der Waals surface area contributed by atoms with Gasteiger partial charge in [0.2, 0.25) is 5.91 Å². The van der Waals surface area contributed by atoms with Crippen LogP contribution in [0.3, 0.4) is 0 Å². The van der Waals surface area contributed by atoms with Crippen molar-refractivity contribution in [2.75, 3.05) is 25.1 Å². The van der Waals surface area contributed by atoms with Crippen LogP contribution >= 0.6 is 11.6 Å². The van der Waals surface area contributed by atoms with Crippen LogP contribution < -0.4 is 10.2 Å². The quantitative estimate of drug-likeness (QED) is 0.763. The maximum atomic E-state index is 12.9. The molecule has 2 aromatic rings. The summed E-state index contributed by atoms with van der Waals surface area (Å²) in [7, 11) is 1.65. The van der Waals surface area contributed by atoms with E-state index in [-0.39, 0.29) is 19.1 Å². The number of likely N-dealkylation sites (N-methyl/N-ethyl adjacent to an activating group) is 1. The van der Waals surface area contributed by atoms with Crippen LogP contribution in [0, 0.1) is 6.92 Å². The fourth-order valence-electron chi connectivity index (χ4n) is 3.61. The number of halogens is 1. The number of nitrogens with zero attached hydrogens (tertiary/aromatic N) is 2. The van der Waals surface area contributed by atoms with Crippen LogP contribution in [-0.4, -0.2) is 43.0 Å². The van der Waals surface area contributed by atoms with Gasteiger partial charge in [0.1, 0.15) is 13.2 Å². The first kappa shape index (κ1) is 20.0. The molecular formula is C22H20ClN3O4. The zero-order valence-electron chi connectivity index (χ0n) is 16.5. The second kappa shape index (κ2) is 7.84. The summed E-state index contributed by atoms with van der Waals surface area (Å²) in [6, 6.07) is 13.3. The zero-order chi connectivity index (χ0) is 21.4. The molecule has 0 aliphatic carbocycles. The number of carbonyl (C=O) groups excluding carboxylic acids is 3. The summed E-state index contributed by atoms with van der Waals surface area (Å²) in [5, 5.41) is 3.36. The van der Waals surface area contributed by atoms with Crippen LogP contribution in [0.1, 0.15) is 17.2 Å². The van der Waals surface area contributed by atoms with Gasteiger partial charge in [0.25, 0.3) is 0 Å². The number of aryl methyl sites for hydroxylation is 1. The minimum absolute atomic E-state index is 0.0485. The fraction of sp³-hybridized carbons (Fsp3) is 0.227. The number of anilines is 1. The minimum atomic E-state index is -0.652. The van der Waals surface area contributed by atoms with Crippen LogP contribution in [0.5, 0.6) is 0 Å². The second-order valence-electron chi connectivity index (χ2n) is 7.25. The number of hydrogen-bond acceptors (Lipinski definition) is 4. The fourth-order valence-corrected chi connectivity index (χ4v) is 3.73. The molecule has 7 nitrogen and oxygen atoms in total. The lowest BCUT2D eigenvalue weighted by Crippen LogP contribution is -2.50. The molecule has 3 amide bonds. The Bertz CT molecular complexity index is 1060. The third kappa shape index (κ3) is 3.64. The zero-order valence-corrected chi connectivity index (χ0v) is 17.3. The Morgan fingerprint density at radius 2 is 1.97 bits per heavy atom. The summed E-state index contributed by atoms with van der Waals surface area (Å²) in [6.07, 6.45) is 0. The number of esters is 1. The van der Waals surface area contributed by atoms with Gasteiger partial charge in [-0.05, 0) is 42.3 Å². The van der Waals surface area contributed by atoms with Crippen molar-refractivity contribution in [3.8, 4) is 0 Å². The molecule has 0 unspecified atom stereocenters.